The van der Waals surface area contributed by atoms with Gasteiger partial charge >= 0.3 is 0 Å². The summed E-state index contributed by atoms with van der Waals surface area (Å²) in [6.07, 6.45) is -0.452. The van der Waals surface area contributed by atoms with E-state index in [1.165, 1.54) is 4.31 Å². The Morgan fingerprint density at radius 1 is 1.30 bits per heavy atom. The van der Waals surface area contributed by atoms with Crippen molar-refractivity contribution in [3.05, 3.63) is 29.3 Å². The molecule has 1 aromatic rings. The Labute approximate surface area is 120 Å². The molecule has 6 heteroatoms. The number of aryl methyl sites for hydroxylation is 2. The van der Waals surface area contributed by atoms with Crippen LogP contribution >= 0.6 is 0 Å². The van der Waals surface area contributed by atoms with Gasteiger partial charge in [0.2, 0.25) is 10.0 Å². The Bertz CT molecular complexity index is 565. The lowest BCUT2D eigenvalue weighted by molar-refractivity contribution is -0.0516. The van der Waals surface area contributed by atoms with Gasteiger partial charge in [-0.2, -0.15) is 4.31 Å². The summed E-state index contributed by atoms with van der Waals surface area (Å²) in [6.45, 7) is 5.89. The Morgan fingerprint density at radius 2 is 1.90 bits per heavy atom. The number of ether oxygens (including phenoxy) is 1. The molecule has 1 aliphatic rings. The first-order valence-corrected chi connectivity index (χ1v) is 8.11. The van der Waals surface area contributed by atoms with Crippen LogP contribution in [0.2, 0.25) is 0 Å². The van der Waals surface area contributed by atoms with Gasteiger partial charge in [0.1, 0.15) is 0 Å². The molecule has 0 radical (unpaired) electrons. The summed E-state index contributed by atoms with van der Waals surface area (Å²) in [7, 11) is -3.56. The number of aliphatic hydroxyl groups excluding tert-OH is 1. The van der Waals surface area contributed by atoms with Gasteiger partial charge in [-0.15, -0.1) is 0 Å². The van der Waals surface area contributed by atoms with E-state index in [4.69, 9.17) is 4.74 Å². The summed E-state index contributed by atoms with van der Waals surface area (Å²) in [6, 6.07) is 5.07. The number of sulfonamides is 1. The zero-order chi connectivity index (χ0) is 14.9. The summed E-state index contributed by atoms with van der Waals surface area (Å²) in [5.41, 5.74) is 1.84. The van der Waals surface area contributed by atoms with Gasteiger partial charge in [-0.3, -0.25) is 0 Å². The summed E-state index contributed by atoms with van der Waals surface area (Å²) in [5.74, 6) is 0. The van der Waals surface area contributed by atoms with Crippen LogP contribution in [0.25, 0.3) is 0 Å². The molecule has 5 nitrogen and oxygen atoms in total. The van der Waals surface area contributed by atoms with Gasteiger partial charge in [0, 0.05) is 12.6 Å². The highest BCUT2D eigenvalue weighted by molar-refractivity contribution is 7.89. The predicted molar refractivity (Wildman–Crippen MR) is 76.1 cm³/mol. The molecule has 0 spiro atoms. The molecule has 1 N–H and O–H groups in total. The topological polar surface area (TPSA) is 66.8 Å². The van der Waals surface area contributed by atoms with E-state index in [1.54, 1.807) is 12.1 Å². The lowest BCUT2D eigenvalue weighted by atomic mass is 10.2. The number of benzene rings is 1. The Hall–Kier alpha value is -0.950. The van der Waals surface area contributed by atoms with Crippen molar-refractivity contribution < 1.29 is 18.3 Å². The number of morpholine rings is 1. The van der Waals surface area contributed by atoms with E-state index in [-0.39, 0.29) is 19.2 Å². The Balaban J connectivity index is 2.37. The van der Waals surface area contributed by atoms with E-state index >= 15 is 0 Å². The second-order valence-electron chi connectivity index (χ2n) is 5.39. The molecule has 20 heavy (non-hydrogen) atoms. The van der Waals surface area contributed by atoms with E-state index in [0.29, 0.717) is 11.5 Å². The van der Waals surface area contributed by atoms with E-state index in [2.05, 4.69) is 0 Å². The highest BCUT2D eigenvalue weighted by Crippen LogP contribution is 2.24. The minimum absolute atomic E-state index is 0.175. The van der Waals surface area contributed by atoms with Crippen LogP contribution in [0.1, 0.15) is 18.1 Å². The van der Waals surface area contributed by atoms with Crippen molar-refractivity contribution >= 4 is 10.0 Å². The molecular weight excluding hydrogens is 278 g/mol. The van der Waals surface area contributed by atoms with E-state index in [0.717, 1.165) is 11.1 Å². The van der Waals surface area contributed by atoms with Gasteiger partial charge in [0.15, 0.2) is 0 Å². The Morgan fingerprint density at radius 3 is 2.45 bits per heavy atom. The summed E-state index contributed by atoms with van der Waals surface area (Å²) < 4.78 is 32.3. The maximum atomic E-state index is 12.8. The molecule has 1 saturated heterocycles. The number of hydrogen-bond acceptors (Lipinski definition) is 4. The summed E-state index contributed by atoms with van der Waals surface area (Å²) >= 11 is 0. The van der Waals surface area contributed by atoms with Gasteiger partial charge in [0.25, 0.3) is 0 Å². The van der Waals surface area contributed by atoms with Gasteiger partial charge in [-0.1, -0.05) is 6.07 Å². The van der Waals surface area contributed by atoms with Crippen LogP contribution in [0.5, 0.6) is 0 Å². The highest BCUT2D eigenvalue weighted by atomic mass is 32.2. The minimum atomic E-state index is -3.56. The molecule has 0 saturated carbocycles. The average molecular weight is 299 g/mol. The van der Waals surface area contributed by atoms with E-state index in [1.807, 2.05) is 26.8 Å². The molecule has 2 unspecified atom stereocenters. The number of aliphatic hydroxyl groups is 1. The van der Waals surface area contributed by atoms with Crippen molar-refractivity contribution in [2.24, 2.45) is 0 Å². The SMILES string of the molecule is Cc1cc(C)cc(S(=O)(=O)N2CC(CO)OCC2C)c1. The lowest BCUT2D eigenvalue weighted by Gasteiger charge is -2.36. The molecule has 1 aliphatic heterocycles. The zero-order valence-corrected chi connectivity index (χ0v) is 12.9. The summed E-state index contributed by atoms with van der Waals surface area (Å²) in [4.78, 5) is 0.306. The fraction of sp³-hybridized carbons (Fsp3) is 0.571. The zero-order valence-electron chi connectivity index (χ0n) is 12.0. The first-order chi connectivity index (χ1) is 9.34. The van der Waals surface area contributed by atoms with Crippen LogP contribution in [0.4, 0.5) is 0 Å². The number of hydrogen-bond donors (Lipinski definition) is 1. The second kappa shape index (κ2) is 5.81. The predicted octanol–water partition coefficient (Wildman–Crippen LogP) is 1.07. The largest absolute Gasteiger partial charge is 0.394 e. The molecule has 2 atom stereocenters. The smallest absolute Gasteiger partial charge is 0.243 e. The van der Waals surface area contributed by atoms with Crippen molar-refractivity contribution in [1.29, 1.82) is 0 Å². The summed E-state index contributed by atoms with van der Waals surface area (Å²) in [5, 5.41) is 9.17. The van der Waals surface area contributed by atoms with Crippen molar-refractivity contribution in [3.8, 4) is 0 Å². The van der Waals surface area contributed by atoms with Crippen LogP contribution < -0.4 is 0 Å². The normalized spacial score (nSPS) is 24.8. The molecule has 0 aliphatic carbocycles. The third-order valence-corrected chi connectivity index (χ3v) is 5.41. The molecule has 1 aromatic carbocycles. The molecule has 112 valence electrons. The Kier molecular flexibility index (Phi) is 4.49. The van der Waals surface area contributed by atoms with Crippen molar-refractivity contribution in [2.45, 2.75) is 37.8 Å². The molecular formula is C14H21NO4S. The van der Waals surface area contributed by atoms with Crippen LogP contribution in [-0.4, -0.2) is 49.7 Å². The van der Waals surface area contributed by atoms with Crippen LogP contribution in [0.15, 0.2) is 23.1 Å². The average Bonchev–Trinajstić information content (AvgIpc) is 2.38. The first kappa shape index (κ1) is 15.4. The molecule has 0 aromatic heterocycles. The van der Waals surface area contributed by atoms with E-state index in [9.17, 15) is 13.5 Å². The van der Waals surface area contributed by atoms with Crippen LogP contribution in [0, 0.1) is 13.8 Å². The monoisotopic (exact) mass is 299 g/mol. The first-order valence-electron chi connectivity index (χ1n) is 6.67. The van der Waals surface area contributed by atoms with Gasteiger partial charge < -0.3 is 9.84 Å². The maximum absolute atomic E-state index is 12.8. The second-order valence-corrected chi connectivity index (χ2v) is 7.28. The lowest BCUT2D eigenvalue weighted by Crippen LogP contribution is -2.51. The van der Waals surface area contributed by atoms with Gasteiger partial charge in [-0.05, 0) is 44.0 Å². The van der Waals surface area contributed by atoms with Crippen molar-refractivity contribution in [3.63, 3.8) is 0 Å². The molecule has 0 bridgehead atoms. The molecule has 0 amide bonds. The third-order valence-electron chi connectivity index (χ3n) is 3.45. The van der Waals surface area contributed by atoms with Crippen LogP contribution in [0.3, 0.4) is 0 Å². The van der Waals surface area contributed by atoms with Crippen molar-refractivity contribution in [2.75, 3.05) is 19.8 Å². The highest BCUT2D eigenvalue weighted by Gasteiger charge is 2.35. The molecule has 1 fully saturated rings. The van der Waals surface area contributed by atoms with Gasteiger partial charge in [0.05, 0.1) is 24.2 Å². The third kappa shape index (κ3) is 3.03. The van der Waals surface area contributed by atoms with Gasteiger partial charge in [-0.25, -0.2) is 8.42 Å². The molecule has 2 rings (SSSR count). The van der Waals surface area contributed by atoms with Crippen LogP contribution in [-0.2, 0) is 14.8 Å². The van der Waals surface area contributed by atoms with Crippen molar-refractivity contribution in [1.82, 2.24) is 4.31 Å². The maximum Gasteiger partial charge on any atom is 0.243 e. The molecule has 1 heterocycles. The number of rotatable bonds is 3. The minimum Gasteiger partial charge on any atom is -0.394 e. The van der Waals surface area contributed by atoms with E-state index < -0.39 is 16.1 Å². The fourth-order valence-corrected chi connectivity index (χ4v) is 4.29. The fourth-order valence-electron chi connectivity index (χ4n) is 2.45. The number of nitrogens with zero attached hydrogens (tertiary/aromatic N) is 1. The quantitative estimate of drug-likeness (QED) is 0.907. The standard InChI is InChI=1S/C14H21NO4S/c1-10-4-11(2)6-14(5-10)20(17,18)15-7-13(8-16)19-9-12(15)3/h4-6,12-13,16H,7-9H2,1-3H3.